The third-order valence-corrected chi connectivity index (χ3v) is 22.3. The van der Waals surface area contributed by atoms with Crippen LogP contribution in [0.3, 0.4) is 0 Å². The van der Waals surface area contributed by atoms with Crippen LogP contribution < -0.4 is 0 Å². The van der Waals surface area contributed by atoms with E-state index in [9.17, 15) is 19.5 Å². The van der Waals surface area contributed by atoms with Gasteiger partial charge in [0.15, 0.2) is 35.7 Å². The number of aliphatic hydroxyl groups is 1. The van der Waals surface area contributed by atoms with Gasteiger partial charge in [-0.25, -0.2) is 29.3 Å². The Morgan fingerprint density at radius 2 is 0.714 bits per heavy atom. The molecule has 0 aromatic rings. The predicted octanol–water partition coefficient (Wildman–Crippen LogP) is 8.44. The van der Waals surface area contributed by atoms with Crippen LogP contribution in [0.5, 0.6) is 0 Å². The number of rotatable bonds is 15. The third-order valence-electron chi connectivity index (χ3n) is 22.3. The van der Waals surface area contributed by atoms with E-state index >= 15 is 0 Å². The summed E-state index contributed by atoms with van der Waals surface area (Å²) in [4.78, 5) is 78.5. The summed E-state index contributed by atoms with van der Waals surface area (Å²) in [6.45, 7) is 18.9. The average molecular weight is 1090 g/mol. The largest absolute Gasteiger partial charge is 0.465 e. The fourth-order valence-corrected chi connectivity index (χ4v) is 17.9. The molecule has 15 aliphatic rings. The highest BCUT2D eigenvalue weighted by atomic mass is 17.3. The quantitative estimate of drug-likeness (QED) is 0.0926. The van der Waals surface area contributed by atoms with Gasteiger partial charge in [-0.15, -0.1) is 0 Å². The van der Waals surface area contributed by atoms with Gasteiger partial charge in [0.2, 0.25) is 17.4 Å². The Hall–Kier alpha value is -2.11. The van der Waals surface area contributed by atoms with Crippen LogP contribution in [0, 0.1) is 71.0 Å². The molecule has 0 aromatic carbocycles. The first-order valence-electron chi connectivity index (χ1n) is 29.9. The fourth-order valence-electron chi connectivity index (χ4n) is 17.9. The van der Waals surface area contributed by atoms with Gasteiger partial charge in [-0.05, 0) is 132 Å². The maximum absolute atomic E-state index is 13.8. The summed E-state index contributed by atoms with van der Waals surface area (Å²) in [5.41, 5.74) is -4.35. The van der Waals surface area contributed by atoms with Gasteiger partial charge >= 0.3 is 17.9 Å². The second-order valence-corrected chi connectivity index (χ2v) is 27.1. The van der Waals surface area contributed by atoms with Crippen LogP contribution in [0.4, 0.5) is 0 Å². The number of carbonyl (C=O) groups is 3. The van der Waals surface area contributed by atoms with Crippen molar-refractivity contribution in [2.24, 2.45) is 71.0 Å². The van der Waals surface area contributed by atoms with E-state index in [0.717, 1.165) is 57.8 Å². The molecule has 12 saturated heterocycles. The highest BCUT2D eigenvalue weighted by Gasteiger charge is 2.72. The summed E-state index contributed by atoms with van der Waals surface area (Å²) in [6.07, 6.45) is 7.05. The predicted molar refractivity (Wildman–Crippen MR) is 266 cm³/mol. The maximum atomic E-state index is 13.8. The molecule has 0 radical (unpaired) electrons. The van der Waals surface area contributed by atoms with Crippen LogP contribution >= 0.6 is 0 Å². The summed E-state index contributed by atoms with van der Waals surface area (Å²) in [5.74, 6) is -2.76. The van der Waals surface area contributed by atoms with Gasteiger partial charge < -0.3 is 47.7 Å². The molecular weight excluding hydrogens is 1000 g/mol. The van der Waals surface area contributed by atoms with E-state index in [1.165, 1.54) is 0 Å². The van der Waals surface area contributed by atoms with Crippen LogP contribution in [0.25, 0.3) is 0 Å². The van der Waals surface area contributed by atoms with E-state index in [-0.39, 0.29) is 91.4 Å². The molecule has 0 aromatic heterocycles. The maximum Gasteiger partial charge on any atom is 0.308 e. The van der Waals surface area contributed by atoms with Crippen LogP contribution in [0.15, 0.2) is 0 Å². The fraction of sp³-hybridized carbons (Fsp3) is 0.948. The van der Waals surface area contributed by atoms with Gasteiger partial charge in [-0.2, -0.15) is 0 Å². The SMILES string of the molecule is C[C@@H]1CC[C@H]2[C@@H](C)C(CCOC(=O)CC(O)(CC(=O)OCCC3O[C@@H]4O[C@]5(C)CC[C@H]6[C@H](C)CC[C@@H]([C@H]3C)[C@@]46OO5)CC(=O)OCCC3O[C@@H]4O[C@]5(C)CC[C@H]6[C@H](C)CC[C@@H]([C@H]3C)[C@@]46OO5)O[C@@H]3O[C@]4(C)CC[C@@H]1[C@]32OO4. The minimum absolute atomic E-state index is 0.0230. The second-order valence-electron chi connectivity index (χ2n) is 27.1. The zero-order chi connectivity index (χ0) is 54.1. The molecule has 19 nitrogen and oxygen atoms in total. The smallest absolute Gasteiger partial charge is 0.308 e. The summed E-state index contributed by atoms with van der Waals surface area (Å²) in [5, 5.41) is 12.3. The lowest BCUT2D eigenvalue weighted by molar-refractivity contribution is -0.571. The van der Waals surface area contributed by atoms with Gasteiger partial charge in [0.05, 0.1) is 63.0 Å². The molecule has 1 N–H and O–H groups in total. The molecule has 0 amide bonds. The van der Waals surface area contributed by atoms with Crippen molar-refractivity contribution in [2.75, 3.05) is 19.8 Å². The molecule has 3 aliphatic carbocycles. The minimum Gasteiger partial charge on any atom is -0.465 e. The standard InChI is InChI=1S/C58H88O19/c1-31-10-13-40-34(4)43(66-49-56(40)37(31)16-22-52(7,69-49)72-75-56)19-25-63-46(59)28-55(62,29-47(60)64-26-20-44-35(5)41-14-11-32(2)38-17-23-53(8)70-50(67-44)57(38,41)76-73-53)30-48(61)65-27-21-45-36(6)42-15-12-33(3)39-18-24-54(9)71-51(68-45)58(39,42)77-74-54/h31-45,49-51,62H,10-30H2,1-9H3/t31-,32-,33-,34-,35-,36-,37+,38+,39+,40+,41+,42+,43?,44?,45?,49-,50-,51-,52+,53+,54+,55?,56-,57-,58-/m1/s1. The lowest BCUT2D eigenvalue weighted by Crippen LogP contribution is -2.70. The first kappa shape index (κ1) is 55.4. The molecule has 12 heterocycles. The molecule has 3 spiro atoms. The van der Waals surface area contributed by atoms with E-state index in [2.05, 4.69) is 41.5 Å². The zero-order valence-electron chi connectivity index (χ0n) is 47.0. The zero-order valence-corrected chi connectivity index (χ0v) is 47.0. The highest BCUT2D eigenvalue weighted by molar-refractivity contribution is 5.78. The van der Waals surface area contributed by atoms with E-state index < -0.39 is 95.8 Å². The number of carbonyl (C=O) groups excluding carboxylic acids is 3. The highest BCUT2D eigenvalue weighted by Crippen LogP contribution is 2.64. The monoisotopic (exact) mass is 1090 g/mol. The van der Waals surface area contributed by atoms with Crippen molar-refractivity contribution in [1.29, 1.82) is 0 Å². The topological polar surface area (TPSA) is 210 Å². The molecule has 6 bridgehead atoms. The number of fused-ring (bicyclic) bond motifs is 6. The molecule has 12 aliphatic heterocycles. The van der Waals surface area contributed by atoms with Crippen molar-refractivity contribution < 1.29 is 91.4 Å². The Bertz CT molecular complexity index is 1980. The first-order chi connectivity index (χ1) is 36.6. The summed E-state index contributed by atoms with van der Waals surface area (Å²) in [6, 6.07) is 0. The Morgan fingerprint density at radius 3 is 1.00 bits per heavy atom. The van der Waals surface area contributed by atoms with Gasteiger partial charge in [0.1, 0.15) is 0 Å². The summed E-state index contributed by atoms with van der Waals surface area (Å²) in [7, 11) is 0. The van der Waals surface area contributed by atoms with Gasteiger partial charge in [0.25, 0.3) is 0 Å². The van der Waals surface area contributed by atoms with Gasteiger partial charge in [0, 0.05) is 56.3 Å². The van der Waals surface area contributed by atoms with Crippen LogP contribution in [-0.2, 0) is 86.3 Å². The Labute approximate surface area is 453 Å². The molecule has 3 unspecified atom stereocenters. The van der Waals surface area contributed by atoms with Gasteiger partial charge in [-0.3, -0.25) is 14.4 Å². The number of hydrogen-bond acceptors (Lipinski definition) is 19. The average Bonchev–Trinajstić information content (AvgIpc) is 4.14. The Morgan fingerprint density at radius 1 is 0.429 bits per heavy atom. The molecule has 3 saturated carbocycles. The van der Waals surface area contributed by atoms with Crippen molar-refractivity contribution in [1.82, 2.24) is 0 Å². The van der Waals surface area contributed by atoms with Crippen molar-refractivity contribution >= 4 is 17.9 Å². The van der Waals surface area contributed by atoms with Crippen LogP contribution in [-0.4, -0.2) is 120 Å². The normalized spacial score (nSPS) is 51.8. The lowest BCUT2D eigenvalue weighted by Gasteiger charge is -2.60. The van der Waals surface area contributed by atoms with E-state index in [1.54, 1.807) is 0 Å². The van der Waals surface area contributed by atoms with E-state index in [4.69, 9.17) is 72.0 Å². The first-order valence-corrected chi connectivity index (χ1v) is 29.9. The third kappa shape index (κ3) is 9.37. The molecule has 77 heavy (non-hydrogen) atoms. The summed E-state index contributed by atoms with van der Waals surface area (Å²) < 4.78 is 57.2. The van der Waals surface area contributed by atoms with Crippen LogP contribution in [0.2, 0.25) is 0 Å². The van der Waals surface area contributed by atoms with Crippen molar-refractivity contribution in [3.05, 3.63) is 0 Å². The molecule has 15 fully saturated rings. The van der Waals surface area contributed by atoms with E-state index in [1.807, 2.05) is 20.8 Å². The van der Waals surface area contributed by atoms with Gasteiger partial charge in [-0.1, -0.05) is 41.5 Å². The second kappa shape index (κ2) is 20.4. The number of hydrogen-bond donors (Lipinski definition) is 1. The summed E-state index contributed by atoms with van der Waals surface area (Å²) >= 11 is 0. The van der Waals surface area contributed by atoms with Crippen LogP contribution in [0.1, 0.15) is 178 Å². The van der Waals surface area contributed by atoms with E-state index in [0.29, 0.717) is 56.3 Å². The van der Waals surface area contributed by atoms with Crippen molar-refractivity contribution in [3.8, 4) is 0 Å². The molecule has 24 atom stereocenters. The van der Waals surface area contributed by atoms with Crippen molar-refractivity contribution in [3.63, 3.8) is 0 Å². The number of ether oxygens (including phenoxy) is 9. The minimum atomic E-state index is -2.19. The molecule has 19 heteroatoms. The van der Waals surface area contributed by atoms with Crippen molar-refractivity contribution in [2.45, 2.75) is 255 Å². The molecule has 15 rings (SSSR count). The molecule has 434 valence electrons. The number of esters is 3. The Balaban J connectivity index is 0.688. The Kier molecular flexibility index (Phi) is 14.6. The molecular formula is C58H88O19. The lowest BCUT2D eigenvalue weighted by atomic mass is 9.57.